The lowest BCUT2D eigenvalue weighted by molar-refractivity contribution is -0.384. The molecule has 1 aromatic carbocycles. The minimum Gasteiger partial charge on any atom is -0.755 e. The molecule has 5 aliphatic rings. The molecule has 4 bridgehead atoms. The number of nitrogens with one attached hydrogen (secondary N) is 1. The van der Waals surface area contributed by atoms with Crippen molar-refractivity contribution < 1.29 is 23.3 Å². The Morgan fingerprint density at radius 3 is 2.30 bits per heavy atom. The molecule has 2 amide bonds. The van der Waals surface area contributed by atoms with Crippen molar-refractivity contribution in [1.29, 1.82) is 0 Å². The number of nitrogens with two attached hydrogens (primary N) is 1. The first-order valence-corrected chi connectivity index (χ1v) is 12.4. The number of benzene rings is 1. The van der Waals surface area contributed by atoms with Crippen molar-refractivity contribution in [3.05, 3.63) is 34.4 Å². The molecule has 33 heavy (non-hydrogen) atoms. The summed E-state index contributed by atoms with van der Waals surface area (Å²) in [7, 11) is 0. The molecule has 10 nitrogen and oxygen atoms in total. The van der Waals surface area contributed by atoms with Gasteiger partial charge in [0.1, 0.15) is 11.2 Å². The van der Waals surface area contributed by atoms with Crippen molar-refractivity contribution in [2.75, 3.05) is 4.31 Å². The first-order valence-electron chi connectivity index (χ1n) is 11.4. The average Bonchev–Trinajstić information content (AvgIpc) is 2.72. The van der Waals surface area contributed by atoms with Crippen LogP contribution in [0.4, 0.5) is 11.4 Å². The molecule has 0 radical (unpaired) electrons. The Bertz CT molecular complexity index is 1030. The van der Waals surface area contributed by atoms with Crippen LogP contribution in [-0.2, 0) is 20.9 Å². The number of amides is 2. The Morgan fingerprint density at radius 1 is 1.15 bits per heavy atom. The number of carbonyl (C=O) groups excluding carboxylic acids is 2. The van der Waals surface area contributed by atoms with E-state index in [9.17, 15) is 28.5 Å². The monoisotopic (exact) mass is 475 g/mol. The van der Waals surface area contributed by atoms with Gasteiger partial charge < -0.3 is 15.6 Å². The largest absolute Gasteiger partial charge is 0.755 e. The minimum atomic E-state index is -2.89. The molecule has 178 valence electrons. The number of anilines is 1. The van der Waals surface area contributed by atoms with E-state index in [0.29, 0.717) is 25.2 Å². The molecule has 0 spiro atoms. The number of rotatable bonds is 7. The highest BCUT2D eigenvalue weighted by molar-refractivity contribution is 7.80. The van der Waals surface area contributed by atoms with E-state index in [1.807, 2.05) is 0 Å². The molecule has 3 unspecified atom stereocenters. The van der Waals surface area contributed by atoms with E-state index in [4.69, 9.17) is 5.73 Å². The fourth-order valence-electron chi connectivity index (χ4n) is 7.13. The van der Waals surface area contributed by atoms with Gasteiger partial charge >= 0.3 is 0 Å². The number of nitro benzene ring substituents is 1. The van der Waals surface area contributed by atoms with Crippen molar-refractivity contribution in [2.45, 2.75) is 62.9 Å². The number of nitro groups is 1. The lowest BCUT2D eigenvalue weighted by Crippen LogP contribution is -2.68. The molecule has 0 saturated heterocycles. The van der Waals surface area contributed by atoms with Crippen LogP contribution in [0.2, 0.25) is 0 Å². The van der Waals surface area contributed by atoms with Crippen LogP contribution < -0.4 is 15.4 Å². The second kappa shape index (κ2) is 7.76. The van der Waals surface area contributed by atoms with Crippen LogP contribution in [0.3, 0.4) is 0 Å². The quantitative estimate of drug-likeness (QED) is 0.348. The minimum absolute atomic E-state index is 0.108. The van der Waals surface area contributed by atoms with Crippen molar-refractivity contribution in [2.24, 2.45) is 28.9 Å². The van der Waals surface area contributed by atoms with Gasteiger partial charge in [-0.05, 0) is 75.2 Å². The van der Waals surface area contributed by atoms with E-state index < -0.39 is 33.1 Å². The molecule has 5 saturated carbocycles. The number of para-hydroxylation sites is 2. The summed E-state index contributed by atoms with van der Waals surface area (Å²) in [5, 5.41) is 14.7. The van der Waals surface area contributed by atoms with E-state index in [-0.39, 0.29) is 48.0 Å². The van der Waals surface area contributed by atoms with E-state index in [1.165, 1.54) is 24.3 Å². The smallest absolute Gasteiger partial charge is 0.293 e. The molecule has 0 aromatic heterocycles. The van der Waals surface area contributed by atoms with Crippen LogP contribution in [0.15, 0.2) is 24.3 Å². The Labute approximate surface area is 193 Å². The maximum Gasteiger partial charge on any atom is 0.293 e. The fourth-order valence-corrected chi connectivity index (χ4v) is 7.99. The Hall–Kier alpha value is -2.53. The SMILES string of the molecule is NC(=O)C12CC3CC(C1)C(NC(=O)C1(N(c4ccccc4[N+](=O)[O-])S(=O)[O-])CCC1)C(C3)C2. The Balaban J connectivity index is 1.44. The molecular weight excluding hydrogens is 448 g/mol. The number of hydrogen-bond donors (Lipinski definition) is 2. The molecule has 5 fully saturated rings. The Kier molecular flexibility index (Phi) is 5.24. The van der Waals surface area contributed by atoms with Crippen LogP contribution >= 0.6 is 0 Å². The third-order valence-electron chi connectivity index (χ3n) is 8.53. The fraction of sp³-hybridized carbons (Fsp3) is 0.636. The number of nitrogens with zero attached hydrogens (tertiary/aromatic N) is 2. The van der Waals surface area contributed by atoms with E-state index >= 15 is 0 Å². The van der Waals surface area contributed by atoms with Gasteiger partial charge in [-0.25, -0.2) is 0 Å². The van der Waals surface area contributed by atoms with Gasteiger partial charge in [0.15, 0.2) is 0 Å². The lowest BCUT2D eigenvalue weighted by Gasteiger charge is -2.59. The third-order valence-corrected chi connectivity index (χ3v) is 9.38. The molecule has 6 rings (SSSR count). The van der Waals surface area contributed by atoms with Gasteiger partial charge in [0, 0.05) is 28.8 Å². The number of primary amides is 1. The molecular formula is C22H27N4O6S-. The maximum atomic E-state index is 13.7. The van der Waals surface area contributed by atoms with Gasteiger partial charge in [-0.3, -0.25) is 28.2 Å². The molecule has 0 aliphatic heterocycles. The molecule has 0 heterocycles. The summed E-state index contributed by atoms with van der Waals surface area (Å²) in [6.45, 7) is 0. The zero-order valence-corrected chi connectivity index (χ0v) is 18.9. The maximum absolute atomic E-state index is 13.7. The van der Waals surface area contributed by atoms with Gasteiger partial charge in [-0.2, -0.15) is 0 Å². The van der Waals surface area contributed by atoms with E-state index in [1.54, 1.807) is 0 Å². The van der Waals surface area contributed by atoms with Crippen LogP contribution in [0.25, 0.3) is 0 Å². The van der Waals surface area contributed by atoms with Crippen LogP contribution in [0, 0.1) is 33.3 Å². The number of carbonyl (C=O) groups is 2. The van der Waals surface area contributed by atoms with Gasteiger partial charge in [0.25, 0.3) is 5.69 Å². The van der Waals surface area contributed by atoms with E-state index in [2.05, 4.69) is 5.32 Å². The first-order chi connectivity index (χ1) is 15.7. The highest BCUT2D eigenvalue weighted by Crippen LogP contribution is 2.60. The van der Waals surface area contributed by atoms with Crippen molar-refractivity contribution >= 4 is 34.5 Å². The predicted molar refractivity (Wildman–Crippen MR) is 118 cm³/mol. The van der Waals surface area contributed by atoms with Crippen LogP contribution in [-0.4, -0.2) is 37.1 Å². The van der Waals surface area contributed by atoms with Crippen molar-refractivity contribution in [1.82, 2.24) is 5.32 Å². The topological polar surface area (TPSA) is 159 Å². The van der Waals surface area contributed by atoms with Gasteiger partial charge in [0.05, 0.1) is 4.92 Å². The molecule has 5 aliphatic carbocycles. The lowest BCUT2D eigenvalue weighted by atomic mass is 9.47. The normalized spacial score (nSPS) is 34.2. The average molecular weight is 476 g/mol. The zero-order valence-electron chi connectivity index (χ0n) is 18.1. The van der Waals surface area contributed by atoms with Gasteiger partial charge in [-0.1, -0.05) is 12.1 Å². The summed E-state index contributed by atoms with van der Waals surface area (Å²) in [5.74, 6) is 0.00996. The van der Waals surface area contributed by atoms with Gasteiger partial charge in [-0.15, -0.1) is 0 Å². The molecule has 11 heteroatoms. The summed E-state index contributed by atoms with van der Waals surface area (Å²) >= 11 is -2.89. The third kappa shape index (κ3) is 3.35. The summed E-state index contributed by atoms with van der Waals surface area (Å²) in [5.41, 5.74) is 3.41. The zero-order chi connectivity index (χ0) is 23.5. The first kappa shape index (κ1) is 22.3. The van der Waals surface area contributed by atoms with Crippen LogP contribution in [0.5, 0.6) is 0 Å². The highest BCUT2D eigenvalue weighted by atomic mass is 32.2. The predicted octanol–water partition coefficient (Wildman–Crippen LogP) is 1.91. The van der Waals surface area contributed by atoms with Crippen LogP contribution in [0.1, 0.15) is 51.4 Å². The summed E-state index contributed by atoms with van der Waals surface area (Å²) in [6.07, 6.45) is 5.18. The molecule has 3 atom stereocenters. The highest BCUT2D eigenvalue weighted by Gasteiger charge is 2.59. The summed E-state index contributed by atoms with van der Waals surface area (Å²) in [6, 6.07) is 5.44. The van der Waals surface area contributed by atoms with E-state index in [0.717, 1.165) is 23.6 Å². The molecule has 3 N–H and O–H groups in total. The van der Waals surface area contributed by atoms with Gasteiger partial charge in [0.2, 0.25) is 11.8 Å². The second-order valence-corrected chi connectivity index (χ2v) is 11.1. The standard InChI is InChI=1S/C22H28N4O6S/c23-19(27)21-10-13-8-14(11-21)18(15(9-13)12-21)24-20(28)22(6-3-7-22)25(33(31)32)16-4-1-2-5-17(16)26(29)30/h1-2,4-5,13-15,18H,3,6-12H2,(H2,23,27)(H,24,28)(H,31,32)/p-1. The Morgan fingerprint density at radius 2 is 1.79 bits per heavy atom. The van der Waals surface area contributed by atoms with Crippen molar-refractivity contribution in [3.63, 3.8) is 0 Å². The van der Waals surface area contributed by atoms with Crippen molar-refractivity contribution in [3.8, 4) is 0 Å². The second-order valence-electron chi connectivity index (χ2n) is 10.3. The number of hydrogen-bond acceptors (Lipinski definition) is 6. The summed E-state index contributed by atoms with van der Waals surface area (Å²) < 4.78 is 25.6. The molecule has 1 aromatic rings. The summed E-state index contributed by atoms with van der Waals surface area (Å²) in [4.78, 5) is 36.8.